The Balaban J connectivity index is 4.43. The van der Waals surface area contributed by atoms with E-state index in [2.05, 4.69) is 5.32 Å². The van der Waals surface area contributed by atoms with Crippen LogP contribution in [0.15, 0.2) is 0 Å². The summed E-state index contributed by atoms with van der Waals surface area (Å²) in [6.45, 7) is 2.52. The molecule has 0 fully saturated rings. The van der Waals surface area contributed by atoms with Crippen LogP contribution in [-0.2, 0) is 10.0 Å². The topological polar surface area (TPSA) is 49.4 Å². The van der Waals surface area contributed by atoms with Gasteiger partial charge in [0, 0.05) is 25.4 Å². The van der Waals surface area contributed by atoms with Crippen LogP contribution < -0.4 is 5.32 Å². The van der Waals surface area contributed by atoms with E-state index in [1.165, 1.54) is 4.31 Å². The third-order valence-electron chi connectivity index (χ3n) is 2.39. The van der Waals surface area contributed by atoms with Crippen molar-refractivity contribution in [2.45, 2.75) is 19.4 Å². The maximum Gasteiger partial charge on any atom is 0.215 e. The summed E-state index contributed by atoms with van der Waals surface area (Å²) in [6, 6.07) is 0.113. The zero-order chi connectivity index (χ0) is 11.9. The molecule has 1 unspecified atom stereocenters. The Morgan fingerprint density at radius 2 is 2.07 bits per heavy atom. The number of nitrogens with one attached hydrogen (secondary N) is 1. The van der Waals surface area contributed by atoms with Crippen molar-refractivity contribution in [1.82, 2.24) is 9.62 Å². The molecule has 0 aromatic rings. The summed E-state index contributed by atoms with van der Waals surface area (Å²) in [5.74, 6) is 1.02. The molecule has 0 aromatic heterocycles. The van der Waals surface area contributed by atoms with E-state index >= 15 is 0 Å². The summed E-state index contributed by atoms with van der Waals surface area (Å²) in [7, 11) is 0.336. The van der Waals surface area contributed by atoms with Gasteiger partial charge in [-0.3, -0.25) is 0 Å². The first-order chi connectivity index (χ1) is 6.99. The van der Waals surface area contributed by atoms with Crippen LogP contribution in [0.3, 0.4) is 0 Å². The molecule has 1 N–H and O–H groups in total. The van der Waals surface area contributed by atoms with Gasteiger partial charge in [0.25, 0.3) is 0 Å². The van der Waals surface area contributed by atoms with Crippen LogP contribution >= 0.6 is 11.8 Å². The molecule has 0 heterocycles. The highest BCUT2D eigenvalue weighted by Crippen LogP contribution is 2.12. The summed E-state index contributed by atoms with van der Waals surface area (Å²) in [6.07, 6.45) is 2.85. The Labute approximate surface area is 97.9 Å². The van der Waals surface area contributed by atoms with Crippen LogP contribution in [0.1, 0.15) is 13.3 Å². The number of hydrogen-bond donors (Lipinski definition) is 1. The van der Waals surface area contributed by atoms with Gasteiger partial charge in [0.15, 0.2) is 0 Å². The van der Waals surface area contributed by atoms with Gasteiger partial charge in [0.05, 0.1) is 5.75 Å². The van der Waals surface area contributed by atoms with Gasteiger partial charge in [-0.25, -0.2) is 12.7 Å². The van der Waals surface area contributed by atoms with Gasteiger partial charge in [0.2, 0.25) is 10.0 Å². The predicted molar refractivity (Wildman–Crippen MR) is 67.9 cm³/mol. The number of rotatable bonds is 8. The third kappa shape index (κ3) is 5.19. The highest BCUT2D eigenvalue weighted by Gasteiger charge is 2.23. The first-order valence-corrected chi connectivity index (χ1v) is 8.09. The summed E-state index contributed by atoms with van der Waals surface area (Å²) in [4.78, 5) is 0. The van der Waals surface area contributed by atoms with E-state index in [1.807, 2.05) is 13.2 Å². The Kier molecular flexibility index (Phi) is 7.60. The van der Waals surface area contributed by atoms with Crippen molar-refractivity contribution >= 4 is 21.8 Å². The van der Waals surface area contributed by atoms with E-state index in [0.717, 1.165) is 12.2 Å². The van der Waals surface area contributed by atoms with E-state index in [9.17, 15) is 8.42 Å². The lowest BCUT2D eigenvalue weighted by atomic mass is 10.3. The van der Waals surface area contributed by atoms with Crippen molar-refractivity contribution in [3.63, 3.8) is 0 Å². The lowest BCUT2D eigenvalue weighted by Crippen LogP contribution is -2.41. The van der Waals surface area contributed by atoms with Gasteiger partial charge in [-0.15, -0.1) is 0 Å². The fourth-order valence-corrected chi connectivity index (χ4v) is 3.64. The molecule has 6 heteroatoms. The van der Waals surface area contributed by atoms with Crippen LogP contribution in [-0.4, -0.2) is 57.2 Å². The van der Waals surface area contributed by atoms with Gasteiger partial charge in [-0.2, -0.15) is 11.8 Å². The second kappa shape index (κ2) is 7.49. The van der Waals surface area contributed by atoms with Crippen LogP contribution in [0, 0.1) is 0 Å². The molecule has 0 saturated carbocycles. The van der Waals surface area contributed by atoms with Crippen LogP contribution in [0.2, 0.25) is 0 Å². The zero-order valence-corrected chi connectivity index (χ0v) is 11.6. The van der Waals surface area contributed by atoms with Gasteiger partial charge >= 0.3 is 0 Å². The van der Waals surface area contributed by atoms with Crippen molar-refractivity contribution in [2.24, 2.45) is 0 Å². The van der Waals surface area contributed by atoms with Crippen molar-refractivity contribution in [3.8, 4) is 0 Å². The number of sulfonamides is 1. The maximum atomic E-state index is 11.8. The minimum absolute atomic E-state index is 0.113. The Hall–Kier alpha value is 0.220. The summed E-state index contributed by atoms with van der Waals surface area (Å²) in [5, 5.41) is 2.86. The molecule has 92 valence electrons. The van der Waals surface area contributed by atoms with Crippen LogP contribution in [0.5, 0.6) is 0 Å². The molecule has 0 saturated heterocycles. The van der Waals surface area contributed by atoms with Crippen molar-refractivity contribution < 1.29 is 8.42 Å². The molecule has 0 spiro atoms. The van der Waals surface area contributed by atoms with E-state index < -0.39 is 10.0 Å². The molecular formula is C9H22N2O2S2. The maximum absolute atomic E-state index is 11.8. The molecule has 0 rings (SSSR count). The first-order valence-electron chi connectivity index (χ1n) is 5.08. The minimum atomic E-state index is -3.10. The molecule has 4 nitrogen and oxygen atoms in total. The van der Waals surface area contributed by atoms with Gasteiger partial charge in [0.1, 0.15) is 0 Å². The average Bonchev–Trinajstić information content (AvgIpc) is 2.22. The summed E-state index contributed by atoms with van der Waals surface area (Å²) < 4.78 is 25.2. The quantitative estimate of drug-likeness (QED) is 0.689. The van der Waals surface area contributed by atoms with Crippen LogP contribution in [0.25, 0.3) is 0 Å². The Morgan fingerprint density at radius 3 is 2.47 bits per heavy atom. The van der Waals surface area contributed by atoms with Crippen molar-refractivity contribution in [2.75, 3.05) is 38.4 Å². The predicted octanol–water partition coefficient (Wildman–Crippen LogP) is 0.609. The largest absolute Gasteiger partial charge is 0.319 e. The Morgan fingerprint density at radius 1 is 1.47 bits per heavy atom. The van der Waals surface area contributed by atoms with E-state index in [-0.39, 0.29) is 11.8 Å². The fourth-order valence-electron chi connectivity index (χ4n) is 1.27. The van der Waals surface area contributed by atoms with Gasteiger partial charge in [-0.1, -0.05) is 6.92 Å². The minimum Gasteiger partial charge on any atom is -0.319 e. The molecular weight excluding hydrogens is 232 g/mol. The van der Waals surface area contributed by atoms with E-state index in [1.54, 1.807) is 25.9 Å². The zero-order valence-electron chi connectivity index (χ0n) is 9.99. The number of nitrogens with zero attached hydrogens (tertiary/aromatic N) is 1. The second-order valence-electron chi connectivity index (χ2n) is 3.45. The van der Waals surface area contributed by atoms with Crippen molar-refractivity contribution in [3.05, 3.63) is 0 Å². The average molecular weight is 254 g/mol. The van der Waals surface area contributed by atoms with Gasteiger partial charge < -0.3 is 5.32 Å². The second-order valence-corrected chi connectivity index (χ2v) is 6.51. The molecule has 0 aromatic carbocycles. The smallest absolute Gasteiger partial charge is 0.215 e. The highest BCUT2D eigenvalue weighted by atomic mass is 32.2. The molecule has 0 aliphatic carbocycles. The van der Waals surface area contributed by atoms with Crippen molar-refractivity contribution in [1.29, 1.82) is 0 Å². The SMILES string of the molecule is CCC(CSC)N(C)S(=O)(=O)CCNC. The molecule has 0 radical (unpaired) electrons. The Bertz CT molecular complexity index is 255. The number of thioether (sulfide) groups is 1. The summed E-state index contributed by atoms with van der Waals surface area (Å²) >= 11 is 1.68. The molecule has 1 atom stereocenters. The van der Waals surface area contributed by atoms with Crippen LogP contribution in [0.4, 0.5) is 0 Å². The normalized spacial score (nSPS) is 14.5. The monoisotopic (exact) mass is 254 g/mol. The molecule has 15 heavy (non-hydrogen) atoms. The molecule has 0 aliphatic rings. The molecule has 0 aliphatic heterocycles. The lowest BCUT2D eigenvalue weighted by Gasteiger charge is -2.25. The highest BCUT2D eigenvalue weighted by molar-refractivity contribution is 7.98. The van der Waals surface area contributed by atoms with E-state index in [0.29, 0.717) is 6.54 Å². The molecule has 0 bridgehead atoms. The standard InChI is InChI=1S/C9H22N2O2S2/c1-5-9(8-14-4)11(3)15(12,13)7-6-10-2/h9-10H,5-8H2,1-4H3. The third-order valence-corrected chi connectivity index (χ3v) is 5.01. The molecule has 0 amide bonds. The summed E-state index contributed by atoms with van der Waals surface area (Å²) in [5.41, 5.74) is 0. The van der Waals surface area contributed by atoms with E-state index in [4.69, 9.17) is 0 Å². The number of hydrogen-bond acceptors (Lipinski definition) is 4. The van der Waals surface area contributed by atoms with Gasteiger partial charge in [-0.05, 0) is 19.7 Å². The first kappa shape index (κ1) is 15.2. The lowest BCUT2D eigenvalue weighted by molar-refractivity contribution is 0.385. The fraction of sp³-hybridized carbons (Fsp3) is 1.00.